The zero-order chi connectivity index (χ0) is 20.3. The van der Waals surface area contributed by atoms with E-state index in [4.69, 9.17) is 0 Å². The van der Waals surface area contributed by atoms with Crippen molar-refractivity contribution in [3.05, 3.63) is 46.7 Å². The molecule has 0 saturated carbocycles. The van der Waals surface area contributed by atoms with E-state index in [1.807, 2.05) is 13.8 Å². The number of benzene rings is 1. The number of aromatic nitrogens is 2. The molecular weight excluding hydrogens is 379 g/mol. The summed E-state index contributed by atoms with van der Waals surface area (Å²) in [4.78, 5) is 31.4. The van der Waals surface area contributed by atoms with Crippen molar-refractivity contribution in [2.24, 2.45) is 4.99 Å². The zero-order valence-corrected chi connectivity index (χ0v) is 16.8. The van der Waals surface area contributed by atoms with Crippen LogP contribution in [0.3, 0.4) is 0 Å². The molecule has 1 aliphatic heterocycles. The number of aliphatic imine (C=N–C) groups is 1. The number of thioether (sulfide) groups is 1. The SMILES string of the molecule is CCN=C1S/C(=C\c2cn(C(=O)CC)nc2-c2ccc(F)cc2)C(=O)N1CC. The molecule has 1 saturated heterocycles. The molecule has 1 aliphatic rings. The summed E-state index contributed by atoms with van der Waals surface area (Å²) in [5.74, 6) is -0.644. The largest absolute Gasteiger partial charge is 0.287 e. The molecule has 2 heterocycles. The average Bonchev–Trinajstić information content (AvgIpc) is 3.24. The van der Waals surface area contributed by atoms with Crippen LogP contribution in [0.25, 0.3) is 17.3 Å². The molecule has 8 heteroatoms. The van der Waals surface area contributed by atoms with E-state index in [0.717, 1.165) is 0 Å². The number of amides is 1. The topological polar surface area (TPSA) is 67.6 Å². The van der Waals surface area contributed by atoms with E-state index in [2.05, 4.69) is 10.1 Å². The minimum absolute atomic E-state index is 0.126. The van der Waals surface area contributed by atoms with Crippen molar-refractivity contribution in [2.45, 2.75) is 27.2 Å². The number of likely N-dealkylation sites (N-methyl/N-ethyl adjacent to an activating group) is 1. The van der Waals surface area contributed by atoms with E-state index in [1.165, 1.54) is 28.6 Å². The number of hydrogen-bond acceptors (Lipinski definition) is 5. The van der Waals surface area contributed by atoms with Crippen LogP contribution in [-0.4, -0.2) is 44.8 Å². The van der Waals surface area contributed by atoms with E-state index in [1.54, 1.807) is 36.2 Å². The van der Waals surface area contributed by atoms with Crippen LogP contribution in [0, 0.1) is 5.82 Å². The molecule has 1 aromatic carbocycles. The molecule has 0 spiro atoms. The van der Waals surface area contributed by atoms with Gasteiger partial charge < -0.3 is 0 Å². The highest BCUT2D eigenvalue weighted by molar-refractivity contribution is 8.18. The molecule has 0 aliphatic carbocycles. The van der Waals surface area contributed by atoms with E-state index >= 15 is 0 Å². The Hall–Kier alpha value is -2.74. The van der Waals surface area contributed by atoms with Gasteiger partial charge in [-0.2, -0.15) is 5.10 Å². The Labute approximate surface area is 167 Å². The van der Waals surface area contributed by atoms with Crippen molar-refractivity contribution < 1.29 is 14.0 Å². The Morgan fingerprint density at radius 3 is 2.57 bits per heavy atom. The van der Waals surface area contributed by atoms with Gasteiger partial charge in [0.1, 0.15) is 11.5 Å². The molecule has 28 heavy (non-hydrogen) atoms. The van der Waals surface area contributed by atoms with Gasteiger partial charge in [0.15, 0.2) is 5.17 Å². The van der Waals surface area contributed by atoms with Gasteiger partial charge in [-0.1, -0.05) is 6.92 Å². The lowest BCUT2D eigenvalue weighted by Crippen LogP contribution is -2.28. The number of rotatable bonds is 5. The van der Waals surface area contributed by atoms with Gasteiger partial charge in [-0.3, -0.25) is 19.5 Å². The Morgan fingerprint density at radius 2 is 1.96 bits per heavy atom. The normalized spacial score (nSPS) is 17.1. The van der Waals surface area contributed by atoms with Gasteiger partial charge in [0.2, 0.25) is 5.91 Å². The monoisotopic (exact) mass is 400 g/mol. The quantitative estimate of drug-likeness (QED) is 0.710. The fourth-order valence-electron chi connectivity index (χ4n) is 2.80. The van der Waals surface area contributed by atoms with Crippen molar-refractivity contribution in [3.63, 3.8) is 0 Å². The lowest BCUT2D eigenvalue weighted by molar-refractivity contribution is -0.122. The Morgan fingerprint density at radius 1 is 1.25 bits per heavy atom. The third kappa shape index (κ3) is 3.91. The zero-order valence-electron chi connectivity index (χ0n) is 16.0. The Balaban J connectivity index is 2.08. The molecule has 2 aromatic rings. The maximum absolute atomic E-state index is 13.3. The highest BCUT2D eigenvalue weighted by Crippen LogP contribution is 2.34. The molecule has 0 N–H and O–H groups in total. The van der Waals surface area contributed by atoms with E-state index in [-0.39, 0.29) is 17.6 Å². The minimum Gasteiger partial charge on any atom is -0.287 e. The molecule has 1 amide bonds. The first-order valence-electron chi connectivity index (χ1n) is 9.13. The van der Waals surface area contributed by atoms with Crippen molar-refractivity contribution in [1.82, 2.24) is 14.7 Å². The average molecular weight is 400 g/mol. The van der Waals surface area contributed by atoms with Gasteiger partial charge in [-0.05, 0) is 56.0 Å². The van der Waals surface area contributed by atoms with Crippen LogP contribution in [0.15, 0.2) is 40.4 Å². The van der Waals surface area contributed by atoms with Gasteiger partial charge in [-0.15, -0.1) is 0 Å². The van der Waals surface area contributed by atoms with Crippen LogP contribution < -0.4 is 0 Å². The standard InChI is InChI=1S/C20H21FN4O2S/c1-4-17(26)25-12-14(18(23-25)13-7-9-15(21)10-8-13)11-16-19(27)24(6-3)20(28-16)22-5-2/h7-12H,4-6H2,1-3H3/b16-11-,22-20?. The molecule has 0 atom stereocenters. The number of carbonyl (C=O) groups excluding carboxylic acids is 2. The molecule has 0 unspecified atom stereocenters. The lowest BCUT2D eigenvalue weighted by Gasteiger charge is -2.11. The lowest BCUT2D eigenvalue weighted by atomic mass is 10.1. The van der Waals surface area contributed by atoms with Gasteiger partial charge in [0, 0.05) is 36.8 Å². The van der Waals surface area contributed by atoms with Crippen molar-refractivity contribution in [3.8, 4) is 11.3 Å². The second-order valence-corrected chi connectivity index (χ2v) is 7.06. The molecule has 0 radical (unpaired) electrons. The van der Waals surface area contributed by atoms with Gasteiger partial charge in [-0.25, -0.2) is 9.07 Å². The van der Waals surface area contributed by atoms with Gasteiger partial charge >= 0.3 is 0 Å². The Bertz CT molecular complexity index is 963. The number of hydrogen-bond donors (Lipinski definition) is 0. The summed E-state index contributed by atoms with van der Waals surface area (Å²) < 4.78 is 14.6. The summed E-state index contributed by atoms with van der Waals surface area (Å²) in [7, 11) is 0. The number of nitrogens with zero attached hydrogens (tertiary/aromatic N) is 4. The van der Waals surface area contributed by atoms with Crippen molar-refractivity contribution in [2.75, 3.05) is 13.1 Å². The fourth-order valence-corrected chi connectivity index (χ4v) is 3.89. The molecule has 146 valence electrons. The highest BCUT2D eigenvalue weighted by atomic mass is 32.2. The van der Waals surface area contributed by atoms with Crippen LogP contribution in [0.2, 0.25) is 0 Å². The summed E-state index contributed by atoms with van der Waals surface area (Å²) in [5, 5.41) is 5.05. The first-order valence-corrected chi connectivity index (χ1v) is 9.94. The number of halogens is 1. The third-order valence-electron chi connectivity index (χ3n) is 4.20. The predicted molar refractivity (Wildman–Crippen MR) is 109 cm³/mol. The summed E-state index contributed by atoms with van der Waals surface area (Å²) in [6.07, 6.45) is 3.63. The first-order chi connectivity index (χ1) is 13.5. The summed E-state index contributed by atoms with van der Waals surface area (Å²) in [6, 6.07) is 5.89. The van der Waals surface area contributed by atoms with E-state index < -0.39 is 0 Å². The summed E-state index contributed by atoms with van der Waals surface area (Å²) in [6.45, 7) is 6.68. The van der Waals surface area contributed by atoms with Gasteiger partial charge in [0.05, 0.1) is 4.91 Å². The second-order valence-electron chi connectivity index (χ2n) is 6.05. The number of carbonyl (C=O) groups is 2. The molecule has 1 aromatic heterocycles. The van der Waals surface area contributed by atoms with Crippen LogP contribution in [-0.2, 0) is 4.79 Å². The first kappa shape index (κ1) is 20.0. The maximum atomic E-state index is 13.3. The van der Waals surface area contributed by atoms with Crippen LogP contribution in [0.5, 0.6) is 0 Å². The summed E-state index contributed by atoms with van der Waals surface area (Å²) >= 11 is 1.31. The third-order valence-corrected chi connectivity index (χ3v) is 5.25. The van der Waals surface area contributed by atoms with Crippen LogP contribution >= 0.6 is 11.8 Å². The van der Waals surface area contributed by atoms with Crippen LogP contribution in [0.4, 0.5) is 4.39 Å². The smallest absolute Gasteiger partial charge is 0.266 e. The van der Waals surface area contributed by atoms with E-state index in [9.17, 15) is 14.0 Å². The minimum atomic E-state index is -0.353. The molecule has 0 bridgehead atoms. The fraction of sp³-hybridized carbons (Fsp3) is 0.300. The second kappa shape index (κ2) is 8.52. The molecule has 6 nitrogen and oxygen atoms in total. The molecule has 3 rings (SSSR count). The van der Waals surface area contributed by atoms with Crippen LogP contribution in [0.1, 0.15) is 37.6 Å². The molecule has 1 fully saturated rings. The predicted octanol–water partition coefficient (Wildman–Crippen LogP) is 4.05. The van der Waals surface area contributed by atoms with E-state index in [0.29, 0.717) is 46.4 Å². The highest BCUT2D eigenvalue weighted by Gasteiger charge is 2.32. The van der Waals surface area contributed by atoms with Crippen molar-refractivity contribution >= 4 is 34.8 Å². The van der Waals surface area contributed by atoms with Gasteiger partial charge in [0.25, 0.3) is 5.91 Å². The Kier molecular flexibility index (Phi) is 6.08. The van der Waals surface area contributed by atoms with Crippen molar-refractivity contribution in [1.29, 1.82) is 0 Å². The maximum Gasteiger partial charge on any atom is 0.266 e. The number of amidine groups is 1. The summed E-state index contributed by atoms with van der Waals surface area (Å²) in [5.41, 5.74) is 1.81. The molecular formula is C20H21FN4O2S.